The summed E-state index contributed by atoms with van der Waals surface area (Å²) >= 11 is 23.8. The third-order valence-electron chi connectivity index (χ3n) is 4.95. The van der Waals surface area contributed by atoms with Crippen LogP contribution in [0.1, 0.15) is 34.6 Å². The van der Waals surface area contributed by atoms with Crippen molar-refractivity contribution in [2.75, 3.05) is 10.6 Å². The first kappa shape index (κ1) is 23.0. The van der Waals surface area contributed by atoms with Gasteiger partial charge in [-0.1, -0.05) is 52.5 Å². The van der Waals surface area contributed by atoms with E-state index in [0.29, 0.717) is 15.6 Å². The van der Waals surface area contributed by atoms with Crippen molar-refractivity contribution in [1.29, 1.82) is 0 Å². The zero-order chi connectivity index (χ0) is 23.2. The first-order valence-corrected chi connectivity index (χ1v) is 10.7. The van der Waals surface area contributed by atoms with Gasteiger partial charge in [0.25, 0.3) is 5.91 Å². The van der Waals surface area contributed by atoms with Gasteiger partial charge in [-0.2, -0.15) is 18.3 Å². The second kappa shape index (κ2) is 8.67. The van der Waals surface area contributed by atoms with Gasteiger partial charge in [0, 0.05) is 17.5 Å². The number of aromatic nitrogens is 2. The number of fused-ring (bicyclic) bond motifs is 1. The number of rotatable bonds is 3. The Morgan fingerprint density at radius 3 is 2.44 bits per heavy atom. The highest BCUT2D eigenvalue weighted by Crippen LogP contribution is 2.44. The lowest BCUT2D eigenvalue weighted by Crippen LogP contribution is -2.35. The van der Waals surface area contributed by atoms with Gasteiger partial charge < -0.3 is 10.6 Å². The Balaban J connectivity index is 1.65. The van der Waals surface area contributed by atoms with E-state index in [1.165, 1.54) is 36.4 Å². The molecule has 5 nitrogen and oxygen atoms in total. The quantitative estimate of drug-likeness (QED) is 0.375. The number of carbonyl (C=O) groups excluding carboxylic acids is 1. The second-order valence-corrected chi connectivity index (χ2v) is 8.76. The zero-order valence-electron chi connectivity index (χ0n) is 15.9. The average Bonchev–Trinajstić information content (AvgIpc) is 3.15. The predicted molar refractivity (Wildman–Crippen MR) is 119 cm³/mol. The number of nitrogens with zero attached hydrogens (tertiary/aromatic N) is 2. The van der Waals surface area contributed by atoms with Crippen LogP contribution in [0.2, 0.25) is 20.1 Å². The number of anilines is 2. The van der Waals surface area contributed by atoms with E-state index < -0.39 is 24.2 Å². The lowest BCUT2D eigenvalue weighted by Gasteiger charge is -2.33. The Morgan fingerprint density at radius 1 is 1.03 bits per heavy atom. The molecule has 168 valence electrons. The summed E-state index contributed by atoms with van der Waals surface area (Å²) in [5.74, 6) is -0.674. The molecule has 12 heteroatoms. The number of alkyl halides is 3. The average molecular weight is 524 g/mol. The van der Waals surface area contributed by atoms with E-state index in [4.69, 9.17) is 46.4 Å². The molecule has 32 heavy (non-hydrogen) atoms. The largest absolute Gasteiger partial charge is 0.410 e. The molecule has 1 aliphatic rings. The van der Waals surface area contributed by atoms with E-state index in [2.05, 4.69) is 15.7 Å². The van der Waals surface area contributed by atoms with E-state index >= 15 is 0 Å². The highest BCUT2D eigenvalue weighted by atomic mass is 35.5. The van der Waals surface area contributed by atoms with Crippen molar-refractivity contribution in [3.05, 3.63) is 73.8 Å². The number of hydrogen-bond donors (Lipinski definition) is 2. The summed E-state index contributed by atoms with van der Waals surface area (Å²) in [5.41, 5.74) is 0.573. The van der Waals surface area contributed by atoms with Crippen molar-refractivity contribution in [2.24, 2.45) is 0 Å². The van der Waals surface area contributed by atoms with Gasteiger partial charge in [0.1, 0.15) is 5.82 Å². The minimum Gasteiger partial charge on any atom is -0.363 e. The van der Waals surface area contributed by atoms with E-state index in [9.17, 15) is 18.0 Å². The molecule has 0 radical (unpaired) electrons. The molecule has 0 spiro atoms. The molecule has 4 rings (SSSR count). The summed E-state index contributed by atoms with van der Waals surface area (Å²) in [6.07, 6.45) is -4.94. The molecule has 1 amide bonds. The standard InChI is InChI=1S/C20H13Cl4F3N4O/c21-10-2-4-14(13(24)6-10)29-19(32)16-8-18-28-15(9-1-3-11(22)12(23)5-9)7-17(20(25,26)27)31(18)30-16/h1-6,8,15,17,28H,7H2,(H,29,32)/t15-,17-/m1/s1. The highest BCUT2D eigenvalue weighted by Gasteiger charge is 2.46. The van der Waals surface area contributed by atoms with Crippen LogP contribution in [0.15, 0.2) is 42.5 Å². The minimum absolute atomic E-state index is 0.0435. The highest BCUT2D eigenvalue weighted by molar-refractivity contribution is 6.42. The predicted octanol–water partition coefficient (Wildman–Crippen LogP) is 7.41. The van der Waals surface area contributed by atoms with Crippen LogP contribution in [0.3, 0.4) is 0 Å². The topological polar surface area (TPSA) is 59.0 Å². The van der Waals surface area contributed by atoms with Crippen LogP contribution in [-0.2, 0) is 0 Å². The maximum Gasteiger partial charge on any atom is 0.410 e. The molecule has 0 aliphatic carbocycles. The van der Waals surface area contributed by atoms with Gasteiger partial charge in [0.15, 0.2) is 11.7 Å². The Morgan fingerprint density at radius 2 is 1.78 bits per heavy atom. The smallest absolute Gasteiger partial charge is 0.363 e. The monoisotopic (exact) mass is 522 g/mol. The fraction of sp³-hybridized carbons (Fsp3) is 0.200. The molecule has 2 aromatic carbocycles. The van der Waals surface area contributed by atoms with Crippen LogP contribution in [0.25, 0.3) is 0 Å². The van der Waals surface area contributed by atoms with E-state index in [1.54, 1.807) is 6.07 Å². The zero-order valence-corrected chi connectivity index (χ0v) is 18.9. The molecule has 0 saturated heterocycles. The summed E-state index contributed by atoms with van der Waals surface area (Å²) in [5, 5.41) is 10.5. The molecule has 2 heterocycles. The van der Waals surface area contributed by atoms with Crippen LogP contribution in [0, 0.1) is 0 Å². The molecule has 0 saturated carbocycles. The van der Waals surface area contributed by atoms with Gasteiger partial charge in [-0.15, -0.1) is 0 Å². The van der Waals surface area contributed by atoms with Gasteiger partial charge >= 0.3 is 6.18 Å². The lowest BCUT2D eigenvalue weighted by molar-refractivity contribution is -0.173. The van der Waals surface area contributed by atoms with E-state index in [-0.39, 0.29) is 33.7 Å². The first-order chi connectivity index (χ1) is 15.0. The summed E-state index contributed by atoms with van der Waals surface area (Å²) in [4.78, 5) is 12.6. The Kier molecular flexibility index (Phi) is 6.24. The number of benzene rings is 2. The maximum atomic E-state index is 13.8. The molecule has 0 bridgehead atoms. The molecule has 0 fully saturated rings. The summed E-state index contributed by atoms with van der Waals surface area (Å²) in [6.45, 7) is 0. The number of nitrogens with one attached hydrogen (secondary N) is 2. The first-order valence-electron chi connectivity index (χ1n) is 9.17. The summed E-state index contributed by atoms with van der Waals surface area (Å²) in [6, 6.07) is 7.64. The van der Waals surface area contributed by atoms with Crippen molar-refractivity contribution in [3.63, 3.8) is 0 Å². The van der Waals surface area contributed by atoms with Crippen LogP contribution < -0.4 is 10.6 Å². The molecular weight excluding hydrogens is 511 g/mol. The number of hydrogen-bond acceptors (Lipinski definition) is 3. The summed E-state index contributed by atoms with van der Waals surface area (Å²) < 4.78 is 42.3. The maximum absolute atomic E-state index is 13.8. The van der Waals surface area contributed by atoms with Gasteiger partial charge in [-0.25, -0.2) is 4.68 Å². The molecule has 1 aromatic heterocycles. The molecule has 2 N–H and O–H groups in total. The number of halogens is 7. The third kappa shape index (κ3) is 4.64. The minimum atomic E-state index is -4.59. The van der Waals surface area contributed by atoms with Gasteiger partial charge in [0.05, 0.1) is 26.8 Å². The third-order valence-corrected chi connectivity index (χ3v) is 6.23. The molecule has 3 aromatic rings. The van der Waals surface area contributed by atoms with Crippen LogP contribution in [-0.4, -0.2) is 21.9 Å². The lowest BCUT2D eigenvalue weighted by atomic mass is 9.97. The van der Waals surface area contributed by atoms with E-state index in [1.807, 2.05) is 0 Å². The fourth-order valence-electron chi connectivity index (χ4n) is 3.41. The van der Waals surface area contributed by atoms with Crippen molar-refractivity contribution in [2.45, 2.75) is 24.7 Å². The Bertz CT molecular complexity index is 1200. The van der Waals surface area contributed by atoms with Gasteiger partial charge in [-0.05, 0) is 35.9 Å². The summed E-state index contributed by atoms with van der Waals surface area (Å²) in [7, 11) is 0. The number of amides is 1. The molecule has 2 atom stereocenters. The van der Waals surface area contributed by atoms with Crippen LogP contribution in [0.5, 0.6) is 0 Å². The van der Waals surface area contributed by atoms with Gasteiger partial charge in [0.2, 0.25) is 0 Å². The van der Waals surface area contributed by atoms with Gasteiger partial charge in [-0.3, -0.25) is 4.79 Å². The van der Waals surface area contributed by atoms with Crippen molar-refractivity contribution < 1.29 is 18.0 Å². The van der Waals surface area contributed by atoms with E-state index in [0.717, 1.165) is 4.68 Å². The molecule has 1 aliphatic heterocycles. The Labute approximate surface area is 200 Å². The SMILES string of the molecule is O=C(Nc1ccc(Cl)cc1Cl)c1cc2n(n1)[C@@H](C(F)(F)F)C[C@H](c1ccc(Cl)c(Cl)c1)N2. The number of carbonyl (C=O) groups is 1. The second-order valence-electron chi connectivity index (χ2n) is 7.10. The van der Waals surface area contributed by atoms with Crippen LogP contribution in [0.4, 0.5) is 24.7 Å². The normalized spacial score (nSPS) is 18.1. The van der Waals surface area contributed by atoms with Crippen molar-refractivity contribution in [1.82, 2.24) is 9.78 Å². The Hall–Kier alpha value is -2.13. The molecular formula is C20H13Cl4F3N4O. The van der Waals surface area contributed by atoms with Crippen LogP contribution >= 0.6 is 46.4 Å². The molecule has 0 unspecified atom stereocenters. The fourth-order valence-corrected chi connectivity index (χ4v) is 4.17. The van der Waals surface area contributed by atoms with Crippen molar-refractivity contribution in [3.8, 4) is 0 Å². The van der Waals surface area contributed by atoms with Crippen molar-refractivity contribution >= 4 is 63.8 Å².